The number of halogens is 1. The topological polar surface area (TPSA) is 59.1 Å². The second kappa shape index (κ2) is 6.56. The van der Waals surface area contributed by atoms with E-state index in [1.54, 1.807) is 7.11 Å². The van der Waals surface area contributed by atoms with Gasteiger partial charge in [-0.1, -0.05) is 0 Å². The van der Waals surface area contributed by atoms with Crippen molar-refractivity contribution in [2.75, 3.05) is 24.3 Å². The van der Waals surface area contributed by atoms with E-state index in [9.17, 15) is 0 Å². The molecule has 0 amide bonds. The van der Waals surface area contributed by atoms with Crippen LogP contribution in [-0.4, -0.2) is 23.6 Å². The minimum Gasteiger partial charge on any atom is -0.496 e. The van der Waals surface area contributed by atoms with Crippen molar-refractivity contribution in [3.05, 3.63) is 34.4 Å². The molecular formula is C14H17BrN4O. The van der Waals surface area contributed by atoms with E-state index in [0.29, 0.717) is 5.95 Å². The van der Waals surface area contributed by atoms with Gasteiger partial charge >= 0.3 is 0 Å². The van der Waals surface area contributed by atoms with Gasteiger partial charge in [-0.25, -0.2) is 4.98 Å². The first kappa shape index (κ1) is 14.6. The van der Waals surface area contributed by atoms with Crippen molar-refractivity contribution in [1.82, 2.24) is 9.97 Å². The maximum absolute atomic E-state index is 5.21. The SMILES string of the molecule is CCNc1nc(C)cc(Nc2ccc(OC)c(Br)c2)n1. The summed E-state index contributed by atoms with van der Waals surface area (Å²) in [4.78, 5) is 8.73. The Balaban J connectivity index is 2.23. The van der Waals surface area contributed by atoms with E-state index in [0.717, 1.165) is 34.0 Å². The van der Waals surface area contributed by atoms with Crippen molar-refractivity contribution in [2.45, 2.75) is 13.8 Å². The highest BCUT2D eigenvalue weighted by Crippen LogP contribution is 2.29. The lowest BCUT2D eigenvalue weighted by Crippen LogP contribution is -2.05. The molecule has 1 heterocycles. The van der Waals surface area contributed by atoms with Gasteiger partial charge in [-0.15, -0.1) is 0 Å². The standard InChI is InChI=1S/C14H17BrN4O/c1-4-16-14-17-9(2)7-13(19-14)18-10-5-6-12(20-3)11(15)8-10/h5-8H,4H2,1-3H3,(H2,16,17,18,19). The molecule has 20 heavy (non-hydrogen) atoms. The van der Waals surface area contributed by atoms with Crippen molar-refractivity contribution in [2.24, 2.45) is 0 Å². The molecule has 1 aromatic carbocycles. The van der Waals surface area contributed by atoms with Gasteiger partial charge in [0.1, 0.15) is 11.6 Å². The number of anilines is 3. The van der Waals surface area contributed by atoms with Crippen LogP contribution in [0.1, 0.15) is 12.6 Å². The molecule has 2 N–H and O–H groups in total. The lowest BCUT2D eigenvalue weighted by Gasteiger charge is -2.10. The van der Waals surface area contributed by atoms with Crippen LogP contribution in [0.5, 0.6) is 5.75 Å². The molecule has 0 aliphatic carbocycles. The van der Waals surface area contributed by atoms with Crippen LogP contribution in [0, 0.1) is 6.92 Å². The molecule has 2 rings (SSSR count). The fourth-order valence-corrected chi connectivity index (χ4v) is 2.30. The van der Waals surface area contributed by atoms with Crippen LogP contribution in [0.15, 0.2) is 28.7 Å². The molecule has 6 heteroatoms. The van der Waals surface area contributed by atoms with Gasteiger partial charge in [-0.2, -0.15) is 4.98 Å². The van der Waals surface area contributed by atoms with Gasteiger partial charge in [0.25, 0.3) is 0 Å². The monoisotopic (exact) mass is 336 g/mol. The van der Waals surface area contributed by atoms with Crippen LogP contribution < -0.4 is 15.4 Å². The number of methoxy groups -OCH3 is 1. The number of hydrogen-bond donors (Lipinski definition) is 2. The van der Waals surface area contributed by atoms with E-state index in [4.69, 9.17) is 4.74 Å². The first-order valence-corrected chi connectivity index (χ1v) is 7.11. The van der Waals surface area contributed by atoms with Crippen LogP contribution in [-0.2, 0) is 0 Å². The summed E-state index contributed by atoms with van der Waals surface area (Å²) in [5.41, 5.74) is 1.84. The molecular weight excluding hydrogens is 320 g/mol. The first-order chi connectivity index (χ1) is 9.62. The first-order valence-electron chi connectivity index (χ1n) is 6.32. The van der Waals surface area contributed by atoms with Gasteiger partial charge in [0.15, 0.2) is 0 Å². The quantitative estimate of drug-likeness (QED) is 0.871. The van der Waals surface area contributed by atoms with Crippen LogP contribution >= 0.6 is 15.9 Å². The average molecular weight is 337 g/mol. The molecule has 0 atom stereocenters. The summed E-state index contributed by atoms with van der Waals surface area (Å²) in [7, 11) is 1.64. The number of nitrogens with zero attached hydrogens (tertiary/aromatic N) is 2. The Morgan fingerprint density at radius 2 is 2.05 bits per heavy atom. The van der Waals surface area contributed by atoms with Gasteiger partial charge in [-0.05, 0) is 48.0 Å². The molecule has 106 valence electrons. The fraction of sp³-hybridized carbons (Fsp3) is 0.286. The fourth-order valence-electron chi connectivity index (χ4n) is 1.76. The molecule has 0 saturated heterocycles. The molecule has 0 bridgehead atoms. The Hall–Kier alpha value is -1.82. The number of hydrogen-bond acceptors (Lipinski definition) is 5. The maximum atomic E-state index is 5.21. The van der Waals surface area contributed by atoms with Crippen LogP contribution in [0.25, 0.3) is 0 Å². The Labute approximate surface area is 126 Å². The second-order valence-electron chi connectivity index (χ2n) is 4.22. The summed E-state index contributed by atoms with van der Waals surface area (Å²) in [6.07, 6.45) is 0. The number of ether oxygens (including phenoxy) is 1. The van der Waals surface area contributed by atoms with E-state index in [1.807, 2.05) is 38.1 Å². The zero-order valence-corrected chi connectivity index (χ0v) is 13.3. The molecule has 0 spiro atoms. The molecule has 0 saturated carbocycles. The minimum absolute atomic E-state index is 0.627. The van der Waals surface area contributed by atoms with E-state index < -0.39 is 0 Å². The third-order valence-electron chi connectivity index (χ3n) is 2.61. The molecule has 0 aliphatic heterocycles. The van der Waals surface area contributed by atoms with Gasteiger partial charge in [0.2, 0.25) is 5.95 Å². The van der Waals surface area contributed by atoms with Crippen molar-refractivity contribution < 1.29 is 4.74 Å². The van der Waals surface area contributed by atoms with E-state index in [-0.39, 0.29) is 0 Å². The highest BCUT2D eigenvalue weighted by atomic mass is 79.9. The predicted octanol–water partition coefficient (Wildman–Crippen LogP) is 3.73. The van der Waals surface area contributed by atoms with Gasteiger partial charge < -0.3 is 15.4 Å². The molecule has 0 radical (unpaired) electrons. The molecule has 0 fully saturated rings. The van der Waals surface area contributed by atoms with Crippen molar-refractivity contribution in [3.63, 3.8) is 0 Å². The van der Waals surface area contributed by atoms with Crippen molar-refractivity contribution in [1.29, 1.82) is 0 Å². The lowest BCUT2D eigenvalue weighted by atomic mass is 10.3. The molecule has 0 unspecified atom stereocenters. The average Bonchev–Trinajstić information content (AvgIpc) is 2.38. The molecule has 0 aliphatic rings. The molecule has 1 aromatic heterocycles. The normalized spacial score (nSPS) is 10.2. The van der Waals surface area contributed by atoms with Gasteiger partial charge in [-0.3, -0.25) is 0 Å². The summed E-state index contributed by atoms with van der Waals surface area (Å²) in [6.45, 7) is 4.74. The Morgan fingerprint density at radius 1 is 1.25 bits per heavy atom. The van der Waals surface area contributed by atoms with Crippen LogP contribution in [0.4, 0.5) is 17.5 Å². The zero-order chi connectivity index (χ0) is 14.5. The highest BCUT2D eigenvalue weighted by Gasteiger charge is 2.04. The summed E-state index contributed by atoms with van der Waals surface area (Å²) >= 11 is 3.46. The summed E-state index contributed by atoms with van der Waals surface area (Å²) < 4.78 is 6.10. The lowest BCUT2D eigenvalue weighted by molar-refractivity contribution is 0.412. The van der Waals surface area contributed by atoms with Gasteiger partial charge in [0.05, 0.1) is 11.6 Å². The largest absolute Gasteiger partial charge is 0.496 e. The number of nitrogens with one attached hydrogen (secondary N) is 2. The molecule has 2 aromatic rings. The minimum atomic E-state index is 0.627. The van der Waals surface area contributed by atoms with Crippen molar-refractivity contribution in [3.8, 4) is 5.75 Å². The predicted molar refractivity (Wildman–Crippen MR) is 84.9 cm³/mol. The van der Waals surface area contributed by atoms with E-state index in [2.05, 4.69) is 36.5 Å². The van der Waals surface area contributed by atoms with Crippen LogP contribution in [0.3, 0.4) is 0 Å². The smallest absolute Gasteiger partial charge is 0.224 e. The number of aromatic nitrogens is 2. The Kier molecular flexibility index (Phi) is 4.79. The van der Waals surface area contributed by atoms with E-state index >= 15 is 0 Å². The zero-order valence-electron chi connectivity index (χ0n) is 11.7. The number of aryl methyl sites for hydroxylation is 1. The number of rotatable bonds is 5. The van der Waals surface area contributed by atoms with E-state index in [1.165, 1.54) is 0 Å². The number of benzene rings is 1. The Morgan fingerprint density at radius 3 is 2.70 bits per heavy atom. The highest BCUT2D eigenvalue weighted by molar-refractivity contribution is 9.10. The van der Waals surface area contributed by atoms with Gasteiger partial charge in [0, 0.05) is 24.0 Å². The molecule has 5 nitrogen and oxygen atoms in total. The Bertz CT molecular complexity index is 604. The summed E-state index contributed by atoms with van der Waals surface area (Å²) in [5, 5.41) is 6.37. The van der Waals surface area contributed by atoms with Crippen molar-refractivity contribution >= 4 is 33.4 Å². The summed E-state index contributed by atoms with van der Waals surface area (Å²) in [6, 6.07) is 7.68. The summed E-state index contributed by atoms with van der Waals surface area (Å²) in [5.74, 6) is 2.18. The van der Waals surface area contributed by atoms with Crippen LogP contribution in [0.2, 0.25) is 0 Å². The second-order valence-corrected chi connectivity index (χ2v) is 5.08. The maximum Gasteiger partial charge on any atom is 0.224 e. The third-order valence-corrected chi connectivity index (χ3v) is 3.23. The third kappa shape index (κ3) is 3.60.